The maximum Gasteiger partial charge on any atom is 0.308 e. The molecule has 1 aromatic carbocycles. The van der Waals surface area contributed by atoms with E-state index >= 15 is 0 Å². The molecule has 1 N–H and O–H groups in total. The molecule has 0 aliphatic carbocycles. The summed E-state index contributed by atoms with van der Waals surface area (Å²) in [6.45, 7) is 4.53. The third-order valence-electron chi connectivity index (χ3n) is 3.46. The molecular weight excluding hydrogens is 280 g/mol. The van der Waals surface area contributed by atoms with Crippen molar-refractivity contribution < 1.29 is 9.90 Å². The normalized spacial score (nSPS) is 10.6. The van der Waals surface area contributed by atoms with Crippen LogP contribution in [0.15, 0.2) is 35.1 Å². The molecular formula is C17H20N2O3. The van der Waals surface area contributed by atoms with E-state index in [2.05, 4.69) is 5.10 Å². The molecule has 22 heavy (non-hydrogen) atoms. The predicted molar refractivity (Wildman–Crippen MR) is 84.9 cm³/mol. The van der Waals surface area contributed by atoms with Gasteiger partial charge < -0.3 is 5.11 Å². The van der Waals surface area contributed by atoms with Crippen LogP contribution < -0.4 is 5.56 Å². The summed E-state index contributed by atoms with van der Waals surface area (Å²) in [5.41, 5.74) is 2.60. The average Bonchev–Trinajstić information content (AvgIpc) is 2.48. The van der Waals surface area contributed by atoms with Gasteiger partial charge in [-0.25, -0.2) is 4.68 Å². The Morgan fingerprint density at radius 2 is 1.95 bits per heavy atom. The minimum absolute atomic E-state index is 0.272. The van der Waals surface area contributed by atoms with Gasteiger partial charge in [-0.3, -0.25) is 9.59 Å². The molecule has 2 rings (SSSR count). The van der Waals surface area contributed by atoms with E-state index in [9.17, 15) is 9.59 Å². The molecule has 0 bridgehead atoms. The summed E-state index contributed by atoms with van der Waals surface area (Å²) in [6, 6.07) is 9.38. The first-order chi connectivity index (χ1) is 10.5. The standard InChI is InChI=1S/C17H20N2O3/c1-3-4-9-19-17(22)14(11-16(20)21)10-15(18-19)13-7-5-12(2)6-8-13/h5-8,10H,3-4,9,11H2,1-2H3,(H,20,21). The number of aromatic nitrogens is 2. The van der Waals surface area contributed by atoms with E-state index < -0.39 is 5.97 Å². The Balaban J connectivity index is 2.50. The number of hydrogen-bond acceptors (Lipinski definition) is 3. The van der Waals surface area contributed by atoms with Crippen LogP contribution in [0.25, 0.3) is 11.3 Å². The van der Waals surface area contributed by atoms with Crippen LogP contribution in [0, 0.1) is 6.92 Å². The van der Waals surface area contributed by atoms with Gasteiger partial charge in [0.2, 0.25) is 0 Å². The summed E-state index contributed by atoms with van der Waals surface area (Å²) < 4.78 is 1.39. The third-order valence-corrected chi connectivity index (χ3v) is 3.46. The van der Waals surface area contributed by atoms with Crippen molar-refractivity contribution in [2.45, 2.75) is 39.7 Å². The Hall–Kier alpha value is -2.43. The molecule has 5 nitrogen and oxygen atoms in total. The van der Waals surface area contributed by atoms with Gasteiger partial charge in [0.05, 0.1) is 12.1 Å². The molecule has 0 aliphatic rings. The maximum atomic E-state index is 12.3. The molecule has 0 unspecified atom stereocenters. The molecule has 1 heterocycles. The van der Waals surface area contributed by atoms with E-state index in [1.54, 1.807) is 6.07 Å². The smallest absolute Gasteiger partial charge is 0.308 e. The molecule has 0 spiro atoms. The second-order valence-electron chi connectivity index (χ2n) is 5.37. The van der Waals surface area contributed by atoms with Crippen LogP contribution in [0.2, 0.25) is 0 Å². The van der Waals surface area contributed by atoms with E-state index in [-0.39, 0.29) is 17.5 Å². The van der Waals surface area contributed by atoms with Gasteiger partial charge in [-0.15, -0.1) is 0 Å². The lowest BCUT2D eigenvalue weighted by Gasteiger charge is -2.10. The Bertz CT molecular complexity index is 718. The molecule has 0 aliphatic heterocycles. The maximum absolute atomic E-state index is 12.3. The molecule has 0 fully saturated rings. The van der Waals surface area contributed by atoms with Gasteiger partial charge in [0, 0.05) is 17.7 Å². The largest absolute Gasteiger partial charge is 0.481 e. The molecule has 1 aromatic heterocycles. The van der Waals surface area contributed by atoms with Gasteiger partial charge in [0.1, 0.15) is 0 Å². The molecule has 0 atom stereocenters. The highest BCUT2D eigenvalue weighted by Gasteiger charge is 2.12. The van der Waals surface area contributed by atoms with E-state index in [1.165, 1.54) is 4.68 Å². The summed E-state index contributed by atoms with van der Waals surface area (Å²) in [5.74, 6) is -1.01. The first kappa shape index (κ1) is 15.9. The van der Waals surface area contributed by atoms with Crippen molar-refractivity contribution in [3.8, 4) is 11.3 Å². The van der Waals surface area contributed by atoms with Crippen molar-refractivity contribution in [3.05, 3.63) is 51.8 Å². The zero-order chi connectivity index (χ0) is 16.1. The van der Waals surface area contributed by atoms with Crippen LogP contribution in [-0.4, -0.2) is 20.9 Å². The number of rotatable bonds is 6. The topological polar surface area (TPSA) is 72.2 Å². The number of carbonyl (C=O) groups is 1. The Kier molecular flexibility index (Phi) is 5.09. The van der Waals surface area contributed by atoms with Crippen LogP contribution in [0.1, 0.15) is 30.9 Å². The highest BCUT2D eigenvalue weighted by molar-refractivity contribution is 5.71. The summed E-state index contributed by atoms with van der Waals surface area (Å²) in [7, 11) is 0. The fourth-order valence-corrected chi connectivity index (χ4v) is 2.21. The van der Waals surface area contributed by atoms with Crippen LogP contribution in [0.4, 0.5) is 0 Å². The highest BCUT2D eigenvalue weighted by Crippen LogP contribution is 2.17. The van der Waals surface area contributed by atoms with Gasteiger partial charge in [-0.1, -0.05) is 43.2 Å². The average molecular weight is 300 g/mol. The number of carboxylic acid groups (broad SMARTS) is 1. The van der Waals surface area contributed by atoms with Crippen molar-refractivity contribution in [2.75, 3.05) is 0 Å². The van der Waals surface area contributed by atoms with Crippen molar-refractivity contribution in [2.24, 2.45) is 0 Å². The summed E-state index contributed by atoms with van der Waals surface area (Å²) in [5, 5.41) is 13.4. The lowest BCUT2D eigenvalue weighted by Crippen LogP contribution is -2.28. The van der Waals surface area contributed by atoms with Gasteiger partial charge in [-0.2, -0.15) is 5.10 Å². The van der Waals surface area contributed by atoms with Crippen molar-refractivity contribution >= 4 is 5.97 Å². The SMILES string of the molecule is CCCCn1nc(-c2ccc(C)cc2)cc(CC(=O)O)c1=O. The van der Waals surface area contributed by atoms with Gasteiger partial charge in [0.15, 0.2) is 0 Å². The van der Waals surface area contributed by atoms with E-state index in [0.717, 1.165) is 24.0 Å². The van der Waals surface area contributed by atoms with Crippen LogP contribution in [0.3, 0.4) is 0 Å². The van der Waals surface area contributed by atoms with Crippen molar-refractivity contribution in [3.63, 3.8) is 0 Å². The number of nitrogens with zero attached hydrogens (tertiary/aromatic N) is 2. The number of benzene rings is 1. The summed E-state index contributed by atoms with van der Waals surface area (Å²) >= 11 is 0. The monoisotopic (exact) mass is 300 g/mol. The zero-order valence-electron chi connectivity index (χ0n) is 12.9. The molecule has 2 aromatic rings. The first-order valence-electron chi connectivity index (χ1n) is 7.41. The van der Waals surface area contributed by atoms with Gasteiger partial charge in [0.25, 0.3) is 5.56 Å². The van der Waals surface area contributed by atoms with E-state index in [4.69, 9.17) is 5.11 Å². The number of aryl methyl sites for hydroxylation is 2. The van der Waals surface area contributed by atoms with Crippen molar-refractivity contribution in [1.82, 2.24) is 9.78 Å². The first-order valence-corrected chi connectivity index (χ1v) is 7.41. The van der Waals surface area contributed by atoms with Crippen LogP contribution >= 0.6 is 0 Å². The highest BCUT2D eigenvalue weighted by atomic mass is 16.4. The quantitative estimate of drug-likeness (QED) is 0.890. The third kappa shape index (κ3) is 3.81. The number of unbranched alkanes of at least 4 members (excludes halogenated alkanes) is 1. The van der Waals surface area contributed by atoms with Gasteiger partial charge in [-0.05, 0) is 19.4 Å². The Morgan fingerprint density at radius 3 is 2.55 bits per heavy atom. The predicted octanol–water partition coefficient (Wildman–Crippen LogP) is 2.65. The minimum atomic E-state index is -1.01. The molecule has 0 radical (unpaired) electrons. The molecule has 5 heteroatoms. The molecule has 0 saturated heterocycles. The van der Waals surface area contributed by atoms with Crippen molar-refractivity contribution in [1.29, 1.82) is 0 Å². The minimum Gasteiger partial charge on any atom is -0.481 e. The lowest BCUT2D eigenvalue weighted by atomic mass is 10.1. The number of aliphatic carboxylic acids is 1. The van der Waals surface area contributed by atoms with Crippen LogP contribution in [0.5, 0.6) is 0 Å². The van der Waals surface area contributed by atoms with Crippen LogP contribution in [-0.2, 0) is 17.8 Å². The van der Waals surface area contributed by atoms with E-state index in [1.807, 2.05) is 38.1 Å². The second kappa shape index (κ2) is 7.02. The van der Waals surface area contributed by atoms with Gasteiger partial charge >= 0.3 is 5.97 Å². The molecule has 0 amide bonds. The summed E-state index contributed by atoms with van der Waals surface area (Å²) in [6.07, 6.45) is 1.49. The Morgan fingerprint density at radius 1 is 1.27 bits per heavy atom. The second-order valence-corrected chi connectivity index (χ2v) is 5.37. The fraction of sp³-hybridized carbons (Fsp3) is 0.353. The molecule has 116 valence electrons. The zero-order valence-corrected chi connectivity index (χ0v) is 12.9. The van der Waals surface area contributed by atoms with E-state index in [0.29, 0.717) is 12.2 Å². The number of hydrogen-bond donors (Lipinski definition) is 1. The lowest BCUT2D eigenvalue weighted by molar-refractivity contribution is -0.136. The number of carboxylic acids is 1. The fourth-order valence-electron chi connectivity index (χ4n) is 2.21. The summed E-state index contributed by atoms with van der Waals surface area (Å²) in [4.78, 5) is 23.3. The Labute approximate surface area is 129 Å². The molecule has 0 saturated carbocycles.